The summed E-state index contributed by atoms with van der Waals surface area (Å²) in [6, 6.07) is 13.9. The number of nitrogens with zero attached hydrogens (tertiary/aromatic N) is 4. The molecule has 3 heterocycles. The first kappa shape index (κ1) is 29.4. The van der Waals surface area contributed by atoms with Gasteiger partial charge in [0.2, 0.25) is 5.91 Å². The second kappa shape index (κ2) is 12.4. The number of carbonyl (C=O) groups excluding carboxylic acids is 2. The summed E-state index contributed by atoms with van der Waals surface area (Å²) in [6.07, 6.45) is 3.83. The molecule has 0 spiro atoms. The highest BCUT2D eigenvalue weighted by molar-refractivity contribution is 6.31. The number of benzene rings is 2. The Morgan fingerprint density at radius 1 is 1.16 bits per heavy atom. The maximum absolute atomic E-state index is 14.9. The SMILES string of the molecule is COC(=O)Nc1ccc2c(c1)NC(=O)C(C)CCCC(n1ncc(-c3c(C#N)ccc(Cl)c3F)cc1=O)c1cc-2ccn1. The zero-order valence-corrected chi connectivity index (χ0v) is 24.0. The minimum absolute atomic E-state index is 0.0251. The quantitative estimate of drug-likeness (QED) is 0.287. The van der Waals surface area contributed by atoms with Crippen molar-refractivity contribution >= 4 is 35.0 Å². The number of anilines is 2. The highest BCUT2D eigenvalue weighted by Gasteiger charge is 2.24. The Kier molecular flexibility index (Phi) is 8.50. The van der Waals surface area contributed by atoms with E-state index in [-0.39, 0.29) is 33.5 Å². The van der Waals surface area contributed by atoms with Crippen LogP contribution in [0.4, 0.5) is 20.6 Å². The third kappa shape index (κ3) is 6.10. The second-order valence-corrected chi connectivity index (χ2v) is 10.5. The lowest BCUT2D eigenvalue weighted by Crippen LogP contribution is -2.29. The molecule has 0 radical (unpaired) electrons. The molecule has 0 saturated carbocycles. The third-order valence-electron chi connectivity index (χ3n) is 7.33. The Balaban J connectivity index is 1.60. The van der Waals surface area contributed by atoms with E-state index in [1.807, 2.05) is 19.1 Å². The van der Waals surface area contributed by atoms with E-state index < -0.39 is 23.5 Å². The molecule has 0 saturated heterocycles. The topological polar surface area (TPSA) is 139 Å². The molecule has 10 nitrogen and oxygen atoms in total. The lowest BCUT2D eigenvalue weighted by molar-refractivity contribution is -0.119. The summed E-state index contributed by atoms with van der Waals surface area (Å²) in [7, 11) is 1.26. The van der Waals surface area contributed by atoms with Crippen LogP contribution in [0.2, 0.25) is 5.02 Å². The highest BCUT2D eigenvalue weighted by atomic mass is 35.5. The average molecular weight is 601 g/mol. The minimum Gasteiger partial charge on any atom is -0.453 e. The Hall–Kier alpha value is -5.08. The fourth-order valence-electron chi connectivity index (χ4n) is 5.06. The number of pyridine rings is 1. The summed E-state index contributed by atoms with van der Waals surface area (Å²) < 4.78 is 20.9. The van der Waals surface area contributed by atoms with Crippen LogP contribution in [-0.2, 0) is 9.53 Å². The van der Waals surface area contributed by atoms with Crippen molar-refractivity contribution in [1.29, 1.82) is 5.26 Å². The summed E-state index contributed by atoms with van der Waals surface area (Å²) in [5, 5.41) is 19.3. The van der Waals surface area contributed by atoms with E-state index in [1.54, 1.807) is 30.5 Å². The summed E-state index contributed by atoms with van der Waals surface area (Å²) in [4.78, 5) is 42.9. The Labute approximate surface area is 251 Å². The molecule has 1 aliphatic heterocycles. The van der Waals surface area contributed by atoms with Gasteiger partial charge in [0.1, 0.15) is 0 Å². The number of methoxy groups -OCH3 is 1. The fourth-order valence-corrected chi connectivity index (χ4v) is 5.22. The number of ether oxygens (including phenoxy) is 1. The predicted molar refractivity (Wildman–Crippen MR) is 159 cm³/mol. The first-order valence-corrected chi connectivity index (χ1v) is 13.8. The number of rotatable bonds is 3. The van der Waals surface area contributed by atoms with Gasteiger partial charge in [-0.05, 0) is 54.8 Å². The Morgan fingerprint density at radius 3 is 2.72 bits per heavy atom. The number of amides is 2. The van der Waals surface area contributed by atoms with Crippen LogP contribution in [0.15, 0.2) is 65.7 Å². The molecule has 5 rings (SSSR count). The molecule has 2 atom stereocenters. The molecule has 218 valence electrons. The van der Waals surface area contributed by atoms with Gasteiger partial charge in [-0.1, -0.05) is 31.0 Å². The average Bonchev–Trinajstić information content (AvgIpc) is 3.00. The molecule has 2 aromatic carbocycles. The van der Waals surface area contributed by atoms with Crippen LogP contribution in [0.3, 0.4) is 0 Å². The highest BCUT2D eigenvalue weighted by Crippen LogP contribution is 2.35. The number of fused-ring (bicyclic) bond motifs is 4. The Morgan fingerprint density at radius 2 is 1.98 bits per heavy atom. The van der Waals surface area contributed by atoms with Gasteiger partial charge in [0.15, 0.2) is 5.82 Å². The van der Waals surface area contributed by atoms with E-state index in [4.69, 9.17) is 11.6 Å². The van der Waals surface area contributed by atoms with Crippen LogP contribution in [0.1, 0.15) is 43.5 Å². The van der Waals surface area contributed by atoms with E-state index in [2.05, 4.69) is 25.5 Å². The third-order valence-corrected chi connectivity index (χ3v) is 7.62. The first-order valence-electron chi connectivity index (χ1n) is 13.4. The van der Waals surface area contributed by atoms with Crippen LogP contribution in [0.5, 0.6) is 0 Å². The van der Waals surface area contributed by atoms with Crippen molar-refractivity contribution < 1.29 is 18.7 Å². The molecule has 2 N–H and O–H groups in total. The summed E-state index contributed by atoms with van der Waals surface area (Å²) in [5.74, 6) is -1.37. The maximum Gasteiger partial charge on any atom is 0.411 e. The lowest BCUT2D eigenvalue weighted by Gasteiger charge is -2.22. The molecule has 2 unspecified atom stereocenters. The molecule has 43 heavy (non-hydrogen) atoms. The van der Waals surface area contributed by atoms with Crippen LogP contribution >= 0.6 is 11.6 Å². The molecule has 12 heteroatoms. The molecule has 2 bridgehead atoms. The van der Waals surface area contributed by atoms with Crippen LogP contribution in [-0.4, -0.2) is 33.9 Å². The lowest BCUT2D eigenvalue weighted by atomic mass is 9.95. The van der Waals surface area contributed by atoms with Crippen molar-refractivity contribution in [2.45, 2.75) is 32.2 Å². The number of hydrogen-bond donors (Lipinski definition) is 2. The zero-order chi connectivity index (χ0) is 30.7. The second-order valence-electron chi connectivity index (χ2n) is 10.1. The van der Waals surface area contributed by atoms with Crippen molar-refractivity contribution in [2.24, 2.45) is 5.92 Å². The van der Waals surface area contributed by atoms with Gasteiger partial charge in [-0.2, -0.15) is 10.4 Å². The zero-order valence-electron chi connectivity index (χ0n) is 23.2. The monoisotopic (exact) mass is 600 g/mol. The van der Waals surface area contributed by atoms with E-state index in [0.29, 0.717) is 47.5 Å². The summed E-state index contributed by atoms with van der Waals surface area (Å²) >= 11 is 5.96. The summed E-state index contributed by atoms with van der Waals surface area (Å²) in [5.41, 5.74) is 2.41. The van der Waals surface area contributed by atoms with Gasteiger partial charge in [-0.25, -0.2) is 13.9 Å². The van der Waals surface area contributed by atoms with E-state index in [9.17, 15) is 24.0 Å². The number of hydrogen-bond acceptors (Lipinski definition) is 7. The minimum atomic E-state index is -0.809. The van der Waals surface area contributed by atoms with Crippen LogP contribution in [0.25, 0.3) is 22.3 Å². The molecule has 0 aliphatic carbocycles. The normalized spacial score (nSPS) is 16.5. The van der Waals surface area contributed by atoms with Gasteiger partial charge >= 0.3 is 6.09 Å². The van der Waals surface area contributed by atoms with Crippen molar-refractivity contribution in [3.05, 3.63) is 93.4 Å². The molecule has 2 amide bonds. The van der Waals surface area contributed by atoms with Crippen molar-refractivity contribution in [3.63, 3.8) is 0 Å². The van der Waals surface area contributed by atoms with Crippen molar-refractivity contribution in [3.8, 4) is 28.3 Å². The largest absolute Gasteiger partial charge is 0.453 e. The van der Waals surface area contributed by atoms with Gasteiger partial charge < -0.3 is 10.1 Å². The van der Waals surface area contributed by atoms with Gasteiger partial charge in [0.05, 0.1) is 47.4 Å². The van der Waals surface area contributed by atoms with Gasteiger partial charge in [0, 0.05) is 40.6 Å². The van der Waals surface area contributed by atoms with Crippen molar-refractivity contribution in [2.75, 3.05) is 17.7 Å². The maximum atomic E-state index is 14.9. The van der Waals surface area contributed by atoms with Crippen LogP contribution in [0, 0.1) is 23.1 Å². The smallest absolute Gasteiger partial charge is 0.411 e. The number of nitriles is 1. The summed E-state index contributed by atoms with van der Waals surface area (Å²) in [6.45, 7) is 1.81. The van der Waals surface area contributed by atoms with Gasteiger partial charge in [0.25, 0.3) is 5.56 Å². The van der Waals surface area contributed by atoms with E-state index >= 15 is 0 Å². The van der Waals surface area contributed by atoms with Gasteiger partial charge in [-0.3, -0.25) is 19.9 Å². The predicted octanol–water partition coefficient (Wildman–Crippen LogP) is 6.16. The Bertz CT molecular complexity index is 1840. The molecule has 0 fully saturated rings. The molecule has 1 aliphatic rings. The molecular formula is C31H26ClFN6O4. The standard InChI is InChI=1S/C31H26ClFN6O4/c1-17-4-3-5-26(39-27(40)13-20(16-36-39)28-19(15-34)6-9-23(32)29(28)33)25-12-18(10-11-35-25)22-8-7-21(37-31(42)43-2)14-24(22)38-30(17)41/h6-14,16-17,26H,3-5H2,1-2H3,(H,37,42)(H,38,41). The fraction of sp³-hybridized carbons (Fsp3) is 0.226. The number of aromatic nitrogens is 3. The van der Waals surface area contributed by atoms with Crippen LogP contribution < -0.4 is 16.2 Å². The molecule has 2 aromatic heterocycles. The van der Waals surface area contributed by atoms with Gasteiger partial charge in [-0.15, -0.1) is 0 Å². The number of nitrogens with one attached hydrogen (secondary N) is 2. The molecular weight excluding hydrogens is 575 g/mol. The molecule has 4 aromatic rings. The number of carbonyl (C=O) groups is 2. The van der Waals surface area contributed by atoms with E-state index in [1.165, 1.54) is 36.2 Å². The first-order chi connectivity index (χ1) is 20.7. The van der Waals surface area contributed by atoms with E-state index in [0.717, 1.165) is 0 Å². The number of halogens is 2. The van der Waals surface area contributed by atoms with Crippen molar-refractivity contribution in [1.82, 2.24) is 14.8 Å².